The molecule has 0 spiro atoms. The molecule has 1 aliphatic rings. The molecule has 12 nitrogen and oxygen atoms in total. The molecular weight excluding hydrogens is 659 g/mol. The number of ether oxygens (including phenoxy) is 2. The average Bonchev–Trinajstić information content (AvgIpc) is 3.46. The number of aromatic nitrogens is 4. The molecule has 3 aromatic rings. The van der Waals surface area contributed by atoms with Crippen LogP contribution in [-0.2, 0) is 14.0 Å². The topological polar surface area (TPSA) is 144 Å². The summed E-state index contributed by atoms with van der Waals surface area (Å²) < 4.78 is 21.9. The van der Waals surface area contributed by atoms with E-state index in [0.29, 0.717) is 23.1 Å². The fraction of sp³-hybridized carbons (Fsp3) is 0.556. The standard InChI is InChI=1S/C27H37IN6O6Si/c1-9-20-21(40-41(7,8)27(4,5)6)13-22(39-20)33-14-29-23-24(33)31-26(30-16(3)35)32-25(23)38-15(2)18-11-10-17(28)12-19(18)34(36)37/h10-12,14-15,20-22H,9,13H2,1-8H3,(H,30,31,32,35)/t15?,20-,21-,22-/m1/s1. The van der Waals surface area contributed by atoms with E-state index in [-0.39, 0.29) is 40.7 Å². The molecule has 1 amide bonds. The number of hydrogen-bond acceptors (Lipinski definition) is 9. The van der Waals surface area contributed by atoms with Gasteiger partial charge in [0.1, 0.15) is 12.3 Å². The number of fused-ring (bicyclic) bond motifs is 1. The molecular formula is C27H37IN6O6Si. The lowest BCUT2D eigenvalue weighted by Crippen LogP contribution is -2.45. The molecule has 1 aliphatic heterocycles. The summed E-state index contributed by atoms with van der Waals surface area (Å²) in [4.78, 5) is 36.7. The highest BCUT2D eigenvalue weighted by atomic mass is 127. The normalized spacial score (nSPS) is 20.3. The van der Waals surface area contributed by atoms with Crippen LogP contribution in [0.4, 0.5) is 11.6 Å². The lowest BCUT2D eigenvalue weighted by atomic mass is 10.1. The van der Waals surface area contributed by atoms with Gasteiger partial charge >= 0.3 is 0 Å². The van der Waals surface area contributed by atoms with E-state index in [1.54, 1.807) is 25.4 Å². The minimum absolute atomic E-state index is 0.0326. The van der Waals surface area contributed by atoms with Gasteiger partial charge in [-0.3, -0.25) is 24.8 Å². The number of benzene rings is 1. The van der Waals surface area contributed by atoms with Crippen molar-refractivity contribution in [2.45, 2.75) is 97.1 Å². The number of amides is 1. The molecule has 1 aromatic carbocycles. The van der Waals surface area contributed by atoms with Gasteiger partial charge in [0.25, 0.3) is 5.69 Å². The summed E-state index contributed by atoms with van der Waals surface area (Å²) in [6.45, 7) is 16.2. The number of anilines is 1. The number of imidazole rings is 1. The summed E-state index contributed by atoms with van der Waals surface area (Å²) in [5.41, 5.74) is 1.10. The van der Waals surface area contributed by atoms with Crippen molar-refractivity contribution in [3.05, 3.63) is 43.8 Å². The molecule has 1 saturated heterocycles. The number of nitro groups is 1. The van der Waals surface area contributed by atoms with Crippen molar-refractivity contribution in [1.82, 2.24) is 19.5 Å². The molecule has 2 aromatic heterocycles. The fourth-order valence-corrected chi connectivity index (χ4v) is 6.39. The van der Waals surface area contributed by atoms with Crippen LogP contribution in [-0.4, -0.2) is 50.9 Å². The minimum Gasteiger partial charge on any atom is -0.468 e. The predicted octanol–water partition coefficient (Wildman–Crippen LogP) is 6.53. The van der Waals surface area contributed by atoms with E-state index in [1.807, 2.05) is 27.2 Å². The number of nitrogens with one attached hydrogen (secondary N) is 1. The van der Waals surface area contributed by atoms with Gasteiger partial charge in [-0.25, -0.2) is 4.98 Å². The first-order chi connectivity index (χ1) is 19.1. The van der Waals surface area contributed by atoms with Gasteiger partial charge in [0.05, 0.1) is 29.0 Å². The van der Waals surface area contributed by atoms with Crippen LogP contribution in [0.15, 0.2) is 24.5 Å². The van der Waals surface area contributed by atoms with Gasteiger partial charge in [-0.1, -0.05) is 27.7 Å². The molecule has 3 heterocycles. The zero-order valence-corrected chi connectivity index (χ0v) is 27.8. The summed E-state index contributed by atoms with van der Waals surface area (Å²) in [5.74, 6) is -0.226. The van der Waals surface area contributed by atoms with Crippen LogP contribution < -0.4 is 10.1 Å². The molecule has 4 rings (SSSR count). The molecule has 0 saturated carbocycles. The molecule has 4 atom stereocenters. The van der Waals surface area contributed by atoms with Crippen LogP contribution in [0, 0.1) is 13.7 Å². The van der Waals surface area contributed by atoms with Crippen LogP contribution in [0.1, 0.15) is 72.3 Å². The van der Waals surface area contributed by atoms with Gasteiger partial charge in [-0.15, -0.1) is 0 Å². The summed E-state index contributed by atoms with van der Waals surface area (Å²) in [7, 11) is -2.05. The largest absolute Gasteiger partial charge is 0.468 e. The van der Waals surface area contributed by atoms with Crippen LogP contribution >= 0.6 is 22.6 Å². The van der Waals surface area contributed by atoms with Gasteiger partial charge in [0.15, 0.2) is 19.5 Å². The molecule has 0 aliphatic carbocycles. The third kappa shape index (κ3) is 6.70. The highest BCUT2D eigenvalue weighted by Gasteiger charge is 2.45. The van der Waals surface area contributed by atoms with Crippen molar-refractivity contribution >= 4 is 59.6 Å². The van der Waals surface area contributed by atoms with E-state index in [0.717, 1.165) is 9.99 Å². The van der Waals surface area contributed by atoms with Crippen LogP contribution in [0.2, 0.25) is 18.1 Å². The van der Waals surface area contributed by atoms with Gasteiger partial charge < -0.3 is 13.9 Å². The lowest BCUT2D eigenvalue weighted by molar-refractivity contribution is -0.386. The Morgan fingerprint density at radius 3 is 2.66 bits per heavy atom. The van der Waals surface area contributed by atoms with E-state index < -0.39 is 25.6 Å². The number of nitrogens with zero attached hydrogens (tertiary/aromatic N) is 5. The van der Waals surface area contributed by atoms with Crippen molar-refractivity contribution in [3.63, 3.8) is 0 Å². The third-order valence-electron chi connectivity index (χ3n) is 7.74. The first-order valence-electron chi connectivity index (χ1n) is 13.6. The third-order valence-corrected chi connectivity index (χ3v) is 12.9. The van der Waals surface area contributed by atoms with E-state index in [9.17, 15) is 14.9 Å². The van der Waals surface area contributed by atoms with E-state index in [2.05, 4.69) is 61.1 Å². The number of halogens is 1. The Hall–Kier alpha value is -2.69. The number of hydrogen-bond donors (Lipinski definition) is 1. The Balaban J connectivity index is 1.71. The average molecular weight is 697 g/mol. The van der Waals surface area contributed by atoms with Crippen molar-refractivity contribution in [2.24, 2.45) is 0 Å². The molecule has 1 fully saturated rings. The van der Waals surface area contributed by atoms with E-state index >= 15 is 0 Å². The summed E-state index contributed by atoms with van der Waals surface area (Å²) in [6, 6.07) is 4.93. The Morgan fingerprint density at radius 2 is 2.05 bits per heavy atom. The highest BCUT2D eigenvalue weighted by Crippen LogP contribution is 2.42. The minimum atomic E-state index is -2.05. The number of carbonyl (C=O) groups is 1. The highest BCUT2D eigenvalue weighted by molar-refractivity contribution is 14.1. The smallest absolute Gasteiger partial charge is 0.277 e. The molecule has 0 radical (unpaired) electrons. The fourth-order valence-electron chi connectivity index (χ4n) is 4.56. The second-order valence-electron chi connectivity index (χ2n) is 11.8. The monoisotopic (exact) mass is 696 g/mol. The Bertz CT molecular complexity index is 1460. The lowest BCUT2D eigenvalue weighted by Gasteiger charge is -2.39. The van der Waals surface area contributed by atoms with Crippen LogP contribution in [0.3, 0.4) is 0 Å². The maximum atomic E-state index is 11.9. The maximum Gasteiger partial charge on any atom is 0.277 e. The summed E-state index contributed by atoms with van der Waals surface area (Å²) in [5, 5.41) is 14.4. The second-order valence-corrected chi connectivity index (χ2v) is 17.8. The Labute approximate surface area is 254 Å². The first kappa shape index (κ1) is 31.2. The van der Waals surface area contributed by atoms with Gasteiger partial charge in [0, 0.05) is 23.0 Å². The predicted molar refractivity (Wildman–Crippen MR) is 165 cm³/mol. The SMILES string of the molecule is CC[C@H]1O[C@@H](n2cnc3c(OC(C)c4ccc(I)cc4[N+](=O)[O-])nc(NC(C)=O)nc32)C[C@H]1O[Si](C)(C)C(C)(C)C. The van der Waals surface area contributed by atoms with Crippen LogP contribution in [0.5, 0.6) is 5.88 Å². The molecule has 1 unspecified atom stereocenters. The number of nitro benzene ring substituents is 1. The zero-order valence-electron chi connectivity index (χ0n) is 24.6. The van der Waals surface area contributed by atoms with Crippen molar-refractivity contribution in [3.8, 4) is 5.88 Å². The zero-order chi connectivity index (χ0) is 30.3. The second kappa shape index (κ2) is 11.9. The molecule has 41 heavy (non-hydrogen) atoms. The quantitative estimate of drug-likeness (QED) is 0.114. The Kier molecular flexibility index (Phi) is 9.06. The summed E-state index contributed by atoms with van der Waals surface area (Å²) in [6.07, 6.45) is 1.69. The van der Waals surface area contributed by atoms with Crippen molar-refractivity contribution in [1.29, 1.82) is 0 Å². The molecule has 0 bridgehead atoms. The maximum absolute atomic E-state index is 11.9. The molecule has 1 N–H and O–H groups in total. The number of rotatable bonds is 9. The van der Waals surface area contributed by atoms with Crippen LogP contribution in [0.25, 0.3) is 11.2 Å². The molecule has 14 heteroatoms. The van der Waals surface area contributed by atoms with Gasteiger partial charge in [0.2, 0.25) is 17.7 Å². The van der Waals surface area contributed by atoms with Gasteiger partial charge in [-0.2, -0.15) is 9.97 Å². The number of carbonyl (C=O) groups excluding carboxylic acids is 1. The summed E-state index contributed by atoms with van der Waals surface area (Å²) >= 11 is 2.03. The Morgan fingerprint density at radius 1 is 1.34 bits per heavy atom. The first-order valence-corrected chi connectivity index (χ1v) is 17.6. The van der Waals surface area contributed by atoms with Gasteiger partial charge in [-0.05, 0) is 66.2 Å². The van der Waals surface area contributed by atoms with Crippen molar-refractivity contribution in [2.75, 3.05) is 5.32 Å². The van der Waals surface area contributed by atoms with E-state index in [1.165, 1.54) is 13.0 Å². The van der Waals surface area contributed by atoms with E-state index in [4.69, 9.17) is 13.9 Å². The van der Waals surface area contributed by atoms with Crippen molar-refractivity contribution < 1.29 is 23.6 Å². The molecule has 222 valence electrons.